The van der Waals surface area contributed by atoms with Crippen LogP contribution >= 0.6 is 0 Å². The predicted octanol–water partition coefficient (Wildman–Crippen LogP) is 4.58. The quantitative estimate of drug-likeness (QED) is 0.736. The standard InChI is InChI=1S/C26H35NO4/c1-17(2)25-21-10-6-7-11-22(21)26(30)27(16-18-8-4-3-5-9-18)23(25)13-12-20-14-19(28)15-24(29)31-20/h6-7,10-13,17-20,24,28-29H,3-5,8-9,14-16H2,1-2H3/b13-12+/t19-,20-,24?/m1/s1. The van der Waals surface area contributed by atoms with Crippen molar-refractivity contribution in [2.24, 2.45) is 5.92 Å². The number of hydrogen-bond donors (Lipinski definition) is 2. The van der Waals surface area contributed by atoms with Gasteiger partial charge >= 0.3 is 0 Å². The second kappa shape index (κ2) is 9.68. The zero-order valence-corrected chi connectivity index (χ0v) is 18.7. The Morgan fingerprint density at radius 1 is 1.10 bits per heavy atom. The summed E-state index contributed by atoms with van der Waals surface area (Å²) in [5.41, 5.74) is 2.16. The second-order valence-corrected chi connectivity index (χ2v) is 9.53. The maximum absolute atomic E-state index is 13.6. The summed E-state index contributed by atoms with van der Waals surface area (Å²) in [6, 6.07) is 7.90. The van der Waals surface area contributed by atoms with Gasteiger partial charge in [0.2, 0.25) is 0 Å². The van der Waals surface area contributed by atoms with Crippen LogP contribution in [0.5, 0.6) is 0 Å². The maximum atomic E-state index is 13.6. The van der Waals surface area contributed by atoms with Crippen LogP contribution < -0.4 is 5.56 Å². The maximum Gasteiger partial charge on any atom is 0.258 e. The number of nitrogens with zero attached hydrogens (tertiary/aromatic N) is 1. The highest BCUT2D eigenvalue weighted by Gasteiger charge is 2.26. The molecule has 5 heteroatoms. The topological polar surface area (TPSA) is 71.7 Å². The molecule has 1 aromatic carbocycles. The van der Waals surface area contributed by atoms with Gasteiger partial charge in [0.25, 0.3) is 5.56 Å². The van der Waals surface area contributed by atoms with Gasteiger partial charge in [-0.2, -0.15) is 0 Å². The molecule has 1 saturated carbocycles. The molecule has 0 amide bonds. The number of fused-ring (bicyclic) bond motifs is 1. The predicted molar refractivity (Wildman–Crippen MR) is 124 cm³/mol. The molecule has 3 atom stereocenters. The fourth-order valence-corrected chi connectivity index (χ4v) is 5.27. The van der Waals surface area contributed by atoms with Crippen molar-refractivity contribution in [2.75, 3.05) is 0 Å². The molecule has 31 heavy (non-hydrogen) atoms. The fourth-order valence-electron chi connectivity index (χ4n) is 5.27. The van der Waals surface area contributed by atoms with Crippen LogP contribution in [0.3, 0.4) is 0 Å². The van der Waals surface area contributed by atoms with Crippen molar-refractivity contribution in [3.63, 3.8) is 0 Å². The smallest absolute Gasteiger partial charge is 0.258 e. The van der Waals surface area contributed by atoms with E-state index in [-0.39, 0.29) is 24.0 Å². The van der Waals surface area contributed by atoms with Crippen molar-refractivity contribution in [3.8, 4) is 0 Å². The number of ether oxygens (including phenoxy) is 1. The number of benzene rings is 1. The van der Waals surface area contributed by atoms with Crippen molar-refractivity contribution in [2.45, 2.75) is 89.8 Å². The largest absolute Gasteiger partial charge is 0.393 e. The highest BCUT2D eigenvalue weighted by atomic mass is 16.6. The summed E-state index contributed by atoms with van der Waals surface area (Å²) in [5.74, 6) is 0.764. The lowest BCUT2D eigenvalue weighted by Crippen LogP contribution is -2.34. The first-order valence-electron chi connectivity index (χ1n) is 11.8. The minimum absolute atomic E-state index is 0.0647. The van der Waals surface area contributed by atoms with Crippen LogP contribution in [0.4, 0.5) is 0 Å². The van der Waals surface area contributed by atoms with Crippen LogP contribution in [0.15, 0.2) is 35.1 Å². The molecule has 1 aliphatic carbocycles. The van der Waals surface area contributed by atoms with E-state index in [1.807, 2.05) is 41.0 Å². The molecule has 1 aromatic heterocycles. The fraction of sp³-hybridized carbons (Fsp3) is 0.577. The van der Waals surface area contributed by atoms with Gasteiger partial charge in [-0.05, 0) is 47.8 Å². The van der Waals surface area contributed by atoms with E-state index in [2.05, 4.69) is 13.8 Å². The van der Waals surface area contributed by atoms with Gasteiger partial charge in [-0.25, -0.2) is 0 Å². The summed E-state index contributed by atoms with van der Waals surface area (Å²) < 4.78 is 7.58. The molecule has 2 fully saturated rings. The molecule has 5 nitrogen and oxygen atoms in total. The van der Waals surface area contributed by atoms with Gasteiger partial charge in [-0.1, -0.05) is 57.4 Å². The Labute approximate surface area is 184 Å². The van der Waals surface area contributed by atoms with Gasteiger partial charge < -0.3 is 19.5 Å². The minimum atomic E-state index is -0.955. The average molecular weight is 426 g/mol. The molecule has 2 aromatic rings. The first-order chi connectivity index (χ1) is 14.9. The van der Waals surface area contributed by atoms with E-state index in [1.54, 1.807) is 0 Å². The summed E-state index contributed by atoms with van der Waals surface area (Å²) in [4.78, 5) is 13.6. The highest BCUT2D eigenvalue weighted by Crippen LogP contribution is 2.31. The van der Waals surface area contributed by atoms with Crippen LogP contribution in [0.1, 0.15) is 76.0 Å². The van der Waals surface area contributed by atoms with Crippen LogP contribution in [-0.4, -0.2) is 33.3 Å². The Bertz CT molecular complexity index is 977. The van der Waals surface area contributed by atoms with Gasteiger partial charge in [-0.3, -0.25) is 4.79 Å². The first-order valence-corrected chi connectivity index (χ1v) is 11.8. The van der Waals surface area contributed by atoms with E-state index in [4.69, 9.17) is 4.74 Å². The Morgan fingerprint density at radius 2 is 1.81 bits per heavy atom. The molecule has 2 N–H and O–H groups in total. The summed E-state index contributed by atoms with van der Waals surface area (Å²) in [6.07, 6.45) is 8.77. The third-order valence-corrected chi connectivity index (χ3v) is 6.78. The molecule has 168 valence electrons. The SMILES string of the molecule is CC(C)c1c(/C=C/[C@@H]2C[C@@H](O)CC(O)O2)n(CC2CCCCC2)c(=O)c2ccccc12. The van der Waals surface area contributed by atoms with E-state index in [9.17, 15) is 15.0 Å². The molecule has 0 bridgehead atoms. The minimum Gasteiger partial charge on any atom is -0.393 e. The third kappa shape index (κ3) is 4.94. The number of aliphatic hydroxyl groups excluding tert-OH is 2. The van der Waals surface area contributed by atoms with Gasteiger partial charge in [0.05, 0.1) is 12.2 Å². The number of aromatic nitrogens is 1. The lowest BCUT2D eigenvalue weighted by atomic mass is 9.88. The van der Waals surface area contributed by atoms with Crippen LogP contribution in [-0.2, 0) is 11.3 Å². The molecule has 4 rings (SSSR count). The number of hydrogen-bond acceptors (Lipinski definition) is 4. The Kier molecular flexibility index (Phi) is 6.95. The molecule has 1 saturated heterocycles. The number of pyridine rings is 1. The zero-order valence-electron chi connectivity index (χ0n) is 18.7. The van der Waals surface area contributed by atoms with Crippen LogP contribution in [0.25, 0.3) is 16.8 Å². The van der Waals surface area contributed by atoms with Gasteiger partial charge in [0.1, 0.15) is 0 Å². The van der Waals surface area contributed by atoms with Crippen molar-refractivity contribution in [1.29, 1.82) is 0 Å². The van der Waals surface area contributed by atoms with E-state index in [0.29, 0.717) is 12.3 Å². The number of aliphatic hydroxyl groups is 2. The molecule has 1 aliphatic heterocycles. The van der Waals surface area contributed by atoms with Crippen LogP contribution in [0.2, 0.25) is 0 Å². The van der Waals surface area contributed by atoms with Gasteiger partial charge in [-0.15, -0.1) is 0 Å². The monoisotopic (exact) mass is 425 g/mol. The van der Waals surface area contributed by atoms with Gasteiger partial charge in [0, 0.05) is 30.5 Å². The van der Waals surface area contributed by atoms with Crippen molar-refractivity contribution in [3.05, 3.63) is 52.0 Å². The van der Waals surface area contributed by atoms with Crippen LogP contribution in [0, 0.1) is 5.92 Å². The first kappa shape index (κ1) is 22.3. The molecule has 2 aliphatic rings. The molecule has 0 spiro atoms. The molecule has 0 radical (unpaired) electrons. The van der Waals surface area contributed by atoms with Crippen molar-refractivity contribution >= 4 is 16.8 Å². The highest BCUT2D eigenvalue weighted by molar-refractivity contribution is 5.87. The lowest BCUT2D eigenvalue weighted by molar-refractivity contribution is -0.175. The summed E-state index contributed by atoms with van der Waals surface area (Å²) >= 11 is 0. The molecule has 1 unspecified atom stereocenters. The zero-order chi connectivity index (χ0) is 22.0. The molecule has 2 heterocycles. The van der Waals surface area contributed by atoms with Crippen molar-refractivity contribution in [1.82, 2.24) is 4.57 Å². The summed E-state index contributed by atoms with van der Waals surface area (Å²) in [5, 5.41) is 21.7. The normalized spacial score (nSPS) is 25.6. The third-order valence-electron chi connectivity index (χ3n) is 6.78. The summed E-state index contributed by atoms with van der Waals surface area (Å²) in [6.45, 7) is 5.07. The lowest BCUT2D eigenvalue weighted by Gasteiger charge is -2.29. The van der Waals surface area contributed by atoms with E-state index in [1.165, 1.54) is 37.7 Å². The van der Waals surface area contributed by atoms with Crippen molar-refractivity contribution < 1.29 is 14.9 Å². The molecular formula is C26H35NO4. The number of rotatable bonds is 5. The second-order valence-electron chi connectivity index (χ2n) is 9.53. The Balaban J connectivity index is 1.81. The summed E-state index contributed by atoms with van der Waals surface area (Å²) in [7, 11) is 0. The molecular weight excluding hydrogens is 390 g/mol. The Morgan fingerprint density at radius 3 is 2.48 bits per heavy atom. The van der Waals surface area contributed by atoms with E-state index in [0.717, 1.165) is 23.0 Å². The van der Waals surface area contributed by atoms with E-state index < -0.39 is 12.4 Å². The average Bonchev–Trinajstić information content (AvgIpc) is 2.74. The van der Waals surface area contributed by atoms with Gasteiger partial charge in [0.15, 0.2) is 6.29 Å². The van der Waals surface area contributed by atoms with E-state index >= 15 is 0 Å². The Hall–Kier alpha value is -1.95.